The van der Waals surface area contributed by atoms with Crippen LogP contribution in [0.25, 0.3) is 0 Å². The first-order valence-corrected chi connectivity index (χ1v) is 5.11. The molecule has 0 radical (unpaired) electrons. The molecule has 0 saturated carbocycles. The van der Waals surface area contributed by atoms with Crippen LogP contribution >= 0.6 is 22.9 Å². The van der Waals surface area contributed by atoms with Gasteiger partial charge in [-0.3, -0.25) is 0 Å². The maximum atomic E-state index is 8.75. The Morgan fingerprint density at radius 1 is 1.38 bits per heavy atom. The standard InChI is InChI=1S/C7H11ClN2O2S/c8-6-5-13-7(9-6)10(1-3-11)2-4-12/h5,11-12H,1-4H2. The number of aliphatic hydroxyl groups excluding tert-OH is 2. The van der Waals surface area contributed by atoms with Crippen molar-refractivity contribution in [1.29, 1.82) is 0 Å². The molecular weight excluding hydrogens is 212 g/mol. The van der Waals surface area contributed by atoms with Crippen molar-refractivity contribution < 1.29 is 10.2 Å². The maximum absolute atomic E-state index is 8.75. The first kappa shape index (κ1) is 10.7. The van der Waals surface area contributed by atoms with E-state index in [1.54, 1.807) is 10.3 Å². The van der Waals surface area contributed by atoms with Crippen molar-refractivity contribution >= 4 is 28.1 Å². The van der Waals surface area contributed by atoms with E-state index in [1.807, 2.05) is 0 Å². The molecule has 0 spiro atoms. The van der Waals surface area contributed by atoms with Crippen molar-refractivity contribution in [3.63, 3.8) is 0 Å². The molecule has 1 heterocycles. The number of hydrogen-bond acceptors (Lipinski definition) is 5. The van der Waals surface area contributed by atoms with E-state index in [0.717, 1.165) is 5.13 Å². The van der Waals surface area contributed by atoms with Gasteiger partial charge in [0, 0.05) is 18.5 Å². The lowest BCUT2D eigenvalue weighted by Gasteiger charge is -2.18. The molecular formula is C7H11ClN2O2S. The predicted molar refractivity (Wildman–Crippen MR) is 53.5 cm³/mol. The van der Waals surface area contributed by atoms with Gasteiger partial charge in [0.15, 0.2) is 5.13 Å². The molecule has 2 N–H and O–H groups in total. The highest BCUT2D eigenvalue weighted by Gasteiger charge is 2.08. The lowest BCUT2D eigenvalue weighted by molar-refractivity contribution is 0.281. The summed E-state index contributed by atoms with van der Waals surface area (Å²) in [5.41, 5.74) is 0. The minimum Gasteiger partial charge on any atom is -0.395 e. The topological polar surface area (TPSA) is 56.6 Å². The minimum absolute atomic E-state index is 0.0389. The van der Waals surface area contributed by atoms with E-state index in [2.05, 4.69) is 4.98 Å². The Labute approximate surface area is 85.4 Å². The van der Waals surface area contributed by atoms with Gasteiger partial charge in [-0.15, -0.1) is 11.3 Å². The Balaban J connectivity index is 2.63. The molecule has 1 aromatic rings. The Morgan fingerprint density at radius 3 is 2.38 bits per heavy atom. The number of thiazole rings is 1. The summed E-state index contributed by atoms with van der Waals surface area (Å²) in [6, 6.07) is 0. The van der Waals surface area contributed by atoms with Crippen molar-refractivity contribution in [3.8, 4) is 0 Å². The Bertz CT molecular complexity index is 250. The molecule has 1 rings (SSSR count). The lowest BCUT2D eigenvalue weighted by atomic mass is 10.5. The van der Waals surface area contributed by atoms with Crippen molar-refractivity contribution in [3.05, 3.63) is 10.5 Å². The van der Waals surface area contributed by atoms with E-state index in [-0.39, 0.29) is 13.2 Å². The third-order valence-corrected chi connectivity index (χ3v) is 2.70. The molecule has 4 nitrogen and oxygen atoms in total. The Morgan fingerprint density at radius 2 is 2.00 bits per heavy atom. The number of aliphatic hydroxyl groups is 2. The summed E-state index contributed by atoms with van der Waals surface area (Å²) in [5, 5.41) is 20.4. The summed E-state index contributed by atoms with van der Waals surface area (Å²) in [4.78, 5) is 5.82. The molecule has 74 valence electrons. The van der Waals surface area contributed by atoms with E-state index < -0.39 is 0 Å². The zero-order chi connectivity index (χ0) is 9.68. The molecule has 0 amide bonds. The number of rotatable bonds is 5. The third-order valence-electron chi connectivity index (χ3n) is 1.47. The second-order valence-electron chi connectivity index (χ2n) is 2.39. The molecule has 1 aromatic heterocycles. The highest BCUT2D eigenvalue weighted by atomic mass is 35.5. The van der Waals surface area contributed by atoms with Crippen molar-refractivity contribution in [2.45, 2.75) is 0 Å². The predicted octanol–water partition coefficient (Wildman–Crippen LogP) is 0.587. The molecule has 0 saturated heterocycles. The van der Waals surface area contributed by atoms with Crippen LogP contribution in [0.1, 0.15) is 0 Å². The summed E-state index contributed by atoms with van der Waals surface area (Å²) in [7, 11) is 0. The van der Waals surface area contributed by atoms with Crippen LogP contribution in [0, 0.1) is 0 Å². The minimum atomic E-state index is 0.0389. The van der Waals surface area contributed by atoms with E-state index in [4.69, 9.17) is 21.8 Å². The number of hydrogen-bond donors (Lipinski definition) is 2. The maximum Gasteiger partial charge on any atom is 0.186 e. The first-order chi connectivity index (χ1) is 6.27. The molecule has 0 aliphatic rings. The normalized spacial score (nSPS) is 10.4. The van der Waals surface area contributed by atoms with Crippen molar-refractivity contribution in [2.24, 2.45) is 0 Å². The van der Waals surface area contributed by atoms with E-state index in [1.165, 1.54) is 11.3 Å². The molecule has 13 heavy (non-hydrogen) atoms. The van der Waals surface area contributed by atoms with Gasteiger partial charge >= 0.3 is 0 Å². The smallest absolute Gasteiger partial charge is 0.186 e. The van der Waals surface area contributed by atoms with Crippen LogP contribution in [0.2, 0.25) is 5.15 Å². The molecule has 0 fully saturated rings. The Kier molecular flexibility index (Phi) is 4.44. The van der Waals surface area contributed by atoms with Crippen molar-refractivity contribution in [1.82, 2.24) is 4.98 Å². The first-order valence-electron chi connectivity index (χ1n) is 3.85. The van der Waals surface area contributed by atoms with Crippen LogP contribution in [0.3, 0.4) is 0 Å². The van der Waals surface area contributed by atoms with E-state index >= 15 is 0 Å². The quantitative estimate of drug-likeness (QED) is 0.766. The van der Waals surface area contributed by atoms with Gasteiger partial charge in [-0.05, 0) is 0 Å². The molecule has 0 atom stereocenters. The number of halogens is 1. The highest BCUT2D eigenvalue weighted by Crippen LogP contribution is 2.22. The number of aromatic nitrogens is 1. The van der Waals surface area contributed by atoms with Crippen LogP contribution in [0.5, 0.6) is 0 Å². The zero-order valence-electron chi connectivity index (χ0n) is 6.98. The average Bonchev–Trinajstić information content (AvgIpc) is 2.51. The zero-order valence-corrected chi connectivity index (χ0v) is 8.55. The monoisotopic (exact) mass is 222 g/mol. The largest absolute Gasteiger partial charge is 0.395 e. The van der Waals surface area contributed by atoms with E-state index in [9.17, 15) is 0 Å². The van der Waals surface area contributed by atoms with Gasteiger partial charge in [-0.25, -0.2) is 4.98 Å². The summed E-state index contributed by atoms with van der Waals surface area (Å²) in [5.74, 6) is 0. The second-order valence-corrected chi connectivity index (χ2v) is 3.61. The van der Waals surface area contributed by atoms with Gasteiger partial charge < -0.3 is 15.1 Å². The fraction of sp³-hybridized carbons (Fsp3) is 0.571. The third kappa shape index (κ3) is 3.11. The lowest BCUT2D eigenvalue weighted by Crippen LogP contribution is -2.29. The molecule has 6 heteroatoms. The molecule has 0 bridgehead atoms. The van der Waals surface area contributed by atoms with Crippen LogP contribution in [-0.2, 0) is 0 Å². The van der Waals surface area contributed by atoms with Crippen LogP contribution in [-0.4, -0.2) is 41.5 Å². The number of anilines is 1. The fourth-order valence-corrected chi connectivity index (χ4v) is 1.94. The van der Waals surface area contributed by atoms with Crippen LogP contribution in [0.4, 0.5) is 5.13 Å². The highest BCUT2D eigenvalue weighted by molar-refractivity contribution is 7.14. The number of nitrogens with zero attached hydrogens (tertiary/aromatic N) is 2. The molecule has 0 aromatic carbocycles. The van der Waals surface area contributed by atoms with Gasteiger partial charge in [-0.2, -0.15) is 0 Å². The summed E-state index contributed by atoms with van der Waals surface area (Å²) in [6.45, 7) is 1.00. The van der Waals surface area contributed by atoms with Gasteiger partial charge in [0.2, 0.25) is 0 Å². The van der Waals surface area contributed by atoms with Crippen LogP contribution in [0.15, 0.2) is 5.38 Å². The van der Waals surface area contributed by atoms with Gasteiger partial charge in [0.25, 0.3) is 0 Å². The SMILES string of the molecule is OCCN(CCO)c1nc(Cl)cs1. The summed E-state index contributed by atoms with van der Waals surface area (Å²) >= 11 is 7.05. The van der Waals surface area contributed by atoms with Gasteiger partial charge in [-0.1, -0.05) is 11.6 Å². The summed E-state index contributed by atoms with van der Waals surface area (Å²) < 4.78 is 0. The van der Waals surface area contributed by atoms with Gasteiger partial charge in [0.1, 0.15) is 5.15 Å². The molecule has 0 unspecified atom stereocenters. The molecule has 0 aliphatic heterocycles. The van der Waals surface area contributed by atoms with E-state index in [0.29, 0.717) is 18.2 Å². The Hall–Kier alpha value is -0.360. The molecule has 0 aliphatic carbocycles. The van der Waals surface area contributed by atoms with Crippen molar-refractivity contribution in [2.75, 3.05) is 31.2 Å². The summed E-state index contributed by atoms with van der Waals surface area (Å²) in [6.07, 6.45) is 0. The van der Waals surface area contributed by atoms with Crippen LogP contribution < -0.4 is 4.90 Å². The average molecular weight is 223 g/mol. The fourth-order valence-electron chi connectivity index (χ4n) is 0.935. The second kappa shape index (κ2) is 5.39. The van der Waals surface area contributed by atoms with Gasteiger partial charge in [0.05, 0.1) is 13.2 Å².